The first-order chi connectivity index (χ1) is 11.1. The lowest BCUT2D eigenvalue weighted by molar-refractivity contribution is -0.142. The maximum absolute atomic E-state index is 12.5. The van der Waals surface area contributed by atoms with E-state index in [0.717, 1.165) is 18.4 Å². The largest absolute Gasteiger partial charge is 0.534 e. The van der Waals surface area contributed by atoms with Crippen LogP contribution in [0.1, 0.15) is 36.5 Å². The van der Waals surface area contributed by atoms with Crippen molar-refractivity contribution in [1.29, 1.82) is 0 Å². The van der Waals surface area contributed by atoms with E-state index < -0.39 is 27.3 Å². The van der Waals surface area contributed by atoms with E-state index in [9.17, 15) is 26.4 Å². The number of carbonyl (C=O) groups excluding carboxylic acids is 1. The van der Waals surface area contributed by atoms with Crippen molar-refractivity contribution in [2.75, 3.05) is 6.61 Å². The number of fused-ring (bicyclic) bond motifs is 1. The van der Waals surface area contributed by atoms with Gasteiger partial charge in [-0.3, -0.25) is 4.79 Å². The summed E-state index contributed by atoms with van der Waals surface area (Å²) in [5.41, 5.74) is -3.51. The molecule has 0 aromatic heterocycles. The minimum Gasteiger partial charge on any atom is -0.466 e. The quantitative estimate of drug-likeness (QED) is 0.455. The second-order valence-electron chi connectivity index (χ2n) is 5.39. The summed E-state index contributed by atoms with van der Waals surface area (Å²) in [6.07, 6.45) is 2.86. The number of benzene rings is 1. The number of ether oxygens (including phenoxy) is 1. The van der Waals surface area contributed by atoms with Gasteiger partial charge in [0.1, 0.15) is 5.75 Å². The molecule has 0 saturated heterocycles. The van der Waals surface area contributed by atoms with E-state index in [-0.39, 0.29) is 13.0 Å². The van der Waals surface area contributed by atoms with Crippen LogP contribution in [0.15, 0.2) is 12.1 Å². The predicted octanol–water partition coefficient (Wildman–Crippen LogP) is 2.90. The number of hydrogen-bond acceptors (Lipinski definition) is 5. The Kier molecular flexibility index (Phi) is 5.42. The molecule has 0 amide bonds. The molecule has 0 atom stereocenters. The number of aryl methyl sites for hydroxylation is 1. The minimum atomic E-state index is -5.75. The summed E-state index contributed by atoms with van der Waals surface area (Å²) in [4.78, 5) is 11.7. The average Bonchev–Trinajstić information content (AvgIpc) is 2.45. The smallest absolute Gasteiger partial charge is 0.466 e. The molecule has 0 radical (unpaired) electrons. The lowest BCUT2D eigenvalue weighted by Gasteiger charge is -2.21. The SMILES string of the molecule is CCOC(=O)Cc1cc(OS(=O)(=O)C(F)(F)F)cc2c1CCCC2. The molecule has 9 heteroatoms. The third-order valence-electron chi connectivity index (χ3n) is 3.66. The maximum atomic E-state index is 12.5. The van der Waals surface area contributed by atoms with Crippen molar-refractivity contribution in [3.8, 4) is 5.75 Å². The number of rotatable bonds is 5. The normalized spacial score (nSPS) is 14.8. The first-order valence-corrected chi connectivity index (χ1v) is 8.86. The molecule has 0 N–H and O–H groups in total. The van der Waals surface area contributed by atoms with E-state index in [1.807, 2.05) is 0 Å². The molecule has 1 aliphatic carbocycles. The molecule has 134 valence electrons. The molecule has 1 aromatic carbocycles. The van der Waals surface area contributed by atoms with Crippen LogP contribution in [0.2, 0.25) is 0 Å². The molecule has 0 bridgehead atoms. The Bertz CT molecular complexity index is 725. The maximum Gasteiger partial charge on any atom is 0.534 e. The summed E-state index contributed by atoms with van der Waals surface area (Å²) < 4.78 is 68.9. The van der Waals surface area contributed by atoms with E-state index in [1.54, 1.807) is 6.92 Å². The summed E-state index contributed by atoms with van der Waals surface area (Å²) in [5, 5.41) is 0. The minimum absolute atomic E-state index is 0.139. The molecule has 0 aliphatic heterocycles. The van der Waals surface area contributed by atoms with Gasteiger partial charge in [0.15, 0.2) is 0 Å². The van der Waals surface area contributed by atoms with Crippen molar-refractivity contribution < 1.29 is 35.3 Å². The van der Waals surface area contributed by atoms with Crippen molar-refractivity contribution in [2.24, 2.45) is 0 Å². The zero-order chi connectivity index (χ0) is 18.0. The van der Waals surface area contributed by atoms with E-state index in [0.29, 0.717) is 24.0 Å². The Morgan fingerprint density at radius 2 is 1.88 bits per heavy atom. The Morgan fingerprint density at radius 3 is 2.50 bits per heavy atom. The van der Waals surface area contributed by atoms with Crippen molar-refractivity contribution in [3.05, 3.63) is 28.8 Å². The monoisotopic (exact) mass is 366 g/mol. The van der Waals surface area contributed by atoms with Gasteiger partial charge in [0.2, 0.25) is 0 Å². The van der Waals surface area contributed by atoms with Gasteiger partial charge < -0.3 is 8.92 Å². The van der Waals surface area contributed by atoms with E-state index in [4.69, 9.17) is 4.74 Å². The number of esters is 1. The lowest BCUT2D eigenvalue weighted by Crippen LogP contribution is -2.28. The first kappa shape index (κ1) is 18.6. The van der Waals surface area contributed by atoms with Gasteiger partial charge in [-0.1, -0.05) is 0 Å². The standard InChI is InChI=1S/C15H17F3O5S/c1-2-22-14(19)9-11-8-12(23-24(20,21)15(16,17)18)7-10-5-3-4-6-13(10)11/h7-8H,2-6,9H2,1H3. The highest BCUT2D eigenvalue weighted by atomic mass is 32.2. The molecule has 0 unspecified atom stereocenters. The third-order valence-corrected chi connectivity index (χ3v) is 4.64. The highest BCUT2D eigenvalue weighted by Gasteiger charge is 2.48. The summed E-state index contributed by atoms with van der Waals surface area (Å²) in [6, 6.07) is 2.47. The summed E-state index contributed by atoms with van der Waals surface area (Å²) in [6.45, 7) is 1.82. The Morgan fingerprint density at radius 1 is 1.21 bits per heavy atom. The highest BCUT2D eigenvalue weighted by molar-refractivity contribution is 7.88. The molecule has 5 nitrogen and oxygen atoms in total. The molecule has 1 aliphatic rings. The molecule has 0 heterocycles. The van der Waals surface area contributed by atoms with E-state index in [1.165, 1.54) is 12.1 Å². The Balaban J connectivity index is 2.38. The molecule has 24 heavy (non-hydrogen) atoms. The van der Waals surface area contributed by atoms with Gasteiger partial charge in [-0.25, -0.2) is 0 Å². The predicted molar refractivity (Wildman–Crippen MR) is 79.0 cm³/mol. The van der Waals surface area contributed by atoms with Crippen LogP contribution in [0.25, 0.3) is 0 Å². The van der Waals surface area contributed by atoms with Crippen molar-refractivity contribution in [3.63, 3.8) is 0 Å². The Hall–Kier alpha value is -1.77. The molecule has 2 rings (SSSR count). The van der Waals surface area contributed by atoms with Gasteiger partial charge in [-0.2, -0.15) is 21.6 Å². The van der Waals surface area contributed by atoms with Crippen LogP contribution in [0.5, 0.6) is 5.75 Å². The molecule has 1 aromatic rings. The van der Waals surface area contributed by atoms with Crippen LogP contribution >= 0.6 is 0 Å². The lowest BCUT2D eigenvalue weighted by atomic mass is 9.87. The van der Waals surface area contributed by atoms with Crippen LogP contribution in [0.4, 0.5) is 13.2 Å². The second kappa shape index (κ2) is 7.00. The van der Waals surface area contributed by atoms with Crippen LogP contribution in [0, 0.1) is 0 Å². The molecule has 0 fully saturated rings. The topological polar surface area (TPSA) is 69.7 Å². The fourth-order valence-corrected chi connectivity index (χ4v) is 3.12. The molecular formula is C15H17F3O5S. The number of hydrogen-bond donors (Lipinski definition) is 0. The zero-order valence-corrected chi connectivity index (χ0v) is 13.8. The molecule has 0 spiro atoms. The van der Waals surface area contributed by atoms with Crippen molar-refractivity contribution in [1.82, 2.24) is 0 Å². The van der Waals surface area contributed by atoms with Gasteiger partial charge in [0, 0.05) is 0 Å². The van der Waals surface area contributed by atoms with Crippen LogP contribution in [-0.2, 0) is 38.9 Å². The van der Waals surface area contributed by atoms with Gasteiger partial charge in [-0.15, -0.1) is 0 Å². The highest BCUT2D eigenvalue weighted by Crippen LogP contribution is 2.33. The summed E-state index contributed by atoms with van der Waals surface area (Å²) in [7, 11) is -5.75. The van der Waals surface area contributed by atoms with Crippen molar-refractivity contribution >= 4 is 16.1 Å². The third kappa shape index (κ3) is 4.19. The fraction of sp³-hybridized carbons (Fsp3) is 0.533. The van der Waals surface area contributed by atoms with Crippen LogP contribution in [0.3, 0.4) is 0 Å². The van der Waals surface area contributed by atoms with Gasteiger partial charge in [0.05, 0.1) is 13.0 Å². The summed E-state index contributed by atoms with van der Waals surface area (Å²) >= 11 is 0. The summed E-state index contributed by atoms with van der Waals surface area (Å²) in [5.74, 6) is -0.964. The van der Waals surface area contributed by atoms with Crippen molar-refractivity contribution in [2.45, 2.75) is 44.5 Å². The zero-order valence-electron chi connectivity index (χ0n) is 13.0. The second-order valence-corrected chi connectivity index (χ2v) is 6.93. The van der Waals surface area contributed by atoms with Gasteiger partial charge in [0.25, 0.3) is 0 Å². The fourth-order valence-electron chi connectivity index (χ4n) is 2.67. The number of alkyl halides is 3. The van der Waals surface area contributed by atoms with Gasteiger partial charge in [-0.05, 0) is 61.4 Å². The van der Waals surface area contributed by atoms with Gasteiger partial charge >= 0.3 is 21.6 Å². The van der Waals surface area contributed by atoms with E-state index in [2.05, 4.69) is 4.18 Å². The molecule has 0 saturated carbocycles. The Labute approximate surface area is 137 Å². The van der Waals surface area contributed by atoms with Crippen LogP contribution in [-0.4, -0.2) is 26.5 Å². The number of carbonyl (C=O) groups is 1. The average molecular weight is 366 g/mol. The molecular weight excluding hydrogens is 349 g/mol. The van der Waals surface area contributed by atoms with Crippen LogP contribution < -0.4 is 4.18 Å². The first-order valence-electron chi connectivity index (χ1n) is 7.45. The number of halogens is 3. The van der Waals surface area contributed by atoms with E-state index >= 15 is 0 Å².